The van der Waals surface area contributed by atoms with E-state index < -0.39 is 0 Å². The molecule has 9 atom stereocenters. The maximum Gasteiger partial charge on any atom is -0.0261 e. The molecular weight excluding hydrogens is 336 g/mol. The molecule has 4 fully saturated rings. The zero-order valence-corrected chi connectivity index (χ0v) is 20.5. The summed E-state index contributed by atoms with van der Waals surface area (Å²) in [5, 5.41) is 0. The van der Waals surface area contributed by atoms with Crippen molar-refractivity contribution in [1.29, 1.82) is 0 Å². The summed E-state index contributed by atoms with van der Waals surface area (Å²) >= 11 is 0. The Bertz CT molecular complexity index is 573. The Balaban J connectivity index is 1.65. The summed E-state index contributed by atoms with van der Waals surface area (Å²) in [4.78, 5) is 0. The van der Waals surface area contributed by atoms with Gasteiger partial charge in [0.2, 0.25) is 0 Å². The van der Waals surface area contributed by atoms with E-state index in [9.17, 15) is 0 Å². The number of fused-ring (bicyclic) bond motifs is 5. The van der Waals surface area contributed by atoms with E-state index in [1.807, 2.05) is 0 Å². The molecule has 4 aliphatic rings. The van der Waals surface area contributed by atoms with Crippen LogP contribution in [0.3, 0.4) is 0 Å². The van der Waals surface area contributed by atoms with E-state index in [1.165, 1.54) is 57.8 Å². The first kappa shape index (κ1) is 21.2. The van der Waals surface area contributed by atoms with Gasteiger partial charge in [0.1, 0.15) is 0 Å². The second kappa shape index (κ2) is 7.02. The molecule has 9 unspecified atom stereocenters. The molecule has 0 spiro atoms. The average Bonchev–Trinajstić information content (AvgIpc) is 2.60. The molecule has 4 rings (SSSR count). The van der Waals surface area contributed by atoms with Gasteiger partial charge >= 0.3 is 0 Å². The maximum absolute atomic E-state index is 2.78. The van der Waals surface area contributed by atoms with Gasteiger partial charge in [0.25, 0.3) is 0 Å². The van der Waals surface area contributed by atoms with Gasteiger partial charge in [-0.2, -0.15) is 0 Å². The first-order valence-electron chi connectivity index (χ1n) is 13.0. The lowest BCUT2D eigenvalue weighted by atomic mass is 9.37. The predicted octanol–water partition coefficient (Wildman–Crippen LogP) is 8.60. The van der Waals surface area contributed by atoms with Crippen molar-refractivity contribution in [2.24, 2.45) is 63.6 Å². The van der Waals surface area contributed by atoms with Crippen molar-refractivity contribution in [3.05, 3.63) is 0 Å². The molecule has 0 aromatic carbocycles. The minimum atomic E-state index is 0.560. The van der Waals surface area contributed by atoms with Crippen LogP contribution in [0.2, 0.25) is 0 Å². The van der Waals surface area contributed by atoms with Gasteiger partial charge in [-0.3, -0.25) is 0 Å². The van der Waals surface area contributed by atoms with Gasteiger partial charge in [0.15, 0.2) is 0 Å². The zero-order chi connectivity index (χ0) is 20.5. The van der Waals surface area contributed by atoms with Crippen molar-refractivity contribution in [1.82, 2.24) is 0 Å². The first-order valence-corrected chi connectivity index (χ1v) is 13.0. The second-order valence-electron chi connectivity index (χ2n) is 13.7. The van der Waals surface area contributed by atoms with Crippen molar-refractivity contribution in [3.8, 4) is 0 Å². The Morgan fingerprint density at radius 2 is 1.36 bits per heavy atom. The Hall–Kier alpha value is 0. The van der Waals surface area contributed by atoms with Gasteiger partial charge in [-0.15, -0.1) is 0 Å². The fourth-order valence-corrected chi connectivity index (χ4v) is 9.88. The topological polar surface area (TPSA) is 0 Å². The molecular formula is C28H50. The Morgan fingerprint density at radius 3 is 2.04 bits per heavy atom. The summed E-state index contributed by atoms with van der Waals surface area (Å²) in [5.74, 6) is 7.71. The van der Waals surface area contributed by atoms with Crippen LogP contribution in [0.25, 0.3) is 0 Å². The molecule has 0 heteroatoms. The summed E-state index contributed by atoms with van der Waals surface area (Å²) < 4.78 is 0. The smallest absolute Gasteiger partial charge is 0.0261 e. The zero-order valence-electron chi connectivity index (χ0n) is 20.5. The fourth-order valence-electron chi connectivity index (χ4n) is 9.88. The van der Waals surface area contributed by atoms with E-state index in [4.69, 9.17) is 0 Å². The van der Waals surface area contributed by atoms with Crippen LogP contribution in [-0.2, 0) is 0 Å². The third-order valence-corrected chi connectivity index (χ3v) is 11.6. The van der Waals surface area contributed by atoms with Crippen molar-refractivity contribution in [2.75, 3.05) is 0 Å². The second-order valence-corrected chi connectivity index (χ2v) is 13.7. The van der Waals surface area contributed by atoms with Crippen LogP contribution in [0.5, 0.6) is 0 Å². The quantitative estimate of drug-likeness (QED) is 0.445. The summed E-state index contributed by atoms with van der Waals surface area (Å²) in [6, 6.07) is 0. The molecule has 0 aromatic rings. The van der Waals surface area contributed by atoms with Crippen molar-refractivity contribution >= 4 is 0 Å². The highest BCUT2D eigenvalue weighted by Gasteiger charge is 2.62. The molecule has 0 aromatic heterocycles. The number of hydrogen-bond donors (Lipinski definition) is 0. The SMILES string of the molecule is CC(C)CC1C2CCC3C4(C)CCC(C)C(C)C4CCC3(C)C2CCC1(C)C. The van der Waals surface area contributed by atoms with E-state index in [-0.39, 0.29) is 0 Å². The Labute approximate surface area is 177 Å². The molecule has 28 heavy (non-hydrogen) atoms. The monoisotopic (exact) mass is 386 g/mol. The third-order valence-electron chi connectivity index (χ3n) is 11.6. The van der Waals surface area contributed by atoms with Crippen molar-refractivity contribution in [2.45, 2.75) is 113 Å². The number of hydrogen-bond acceptors (Lipinski definition) is 0. The predicted molar refractivity (Wildman–Crippen MR) is 122 cm³/mol. The van der Waals surface area contributed by atoms with Gasteiger partial charge in [-0.25, -0.2) is 0 Å². The fraction of sp³-hybridized carbons (Fsp3) is 1.00. The van der Waals surface area contributed by atoms with Crippen molar-refractivity contribution < 1.29 is 0 Å². The molecule has 0 N–H and O–H groups in total. The van der Waals surface area contributed by atoms with Gasteiger partial charge in [0.05, 0.1) is 0 Å². The van der Waals surface area contributed by atoms with Crippen molar-refractivity contribution in [3.63, 3.8) is 0 Å². The molecule has 0 heterocycles. The summed E-state index contributed by atoms with van der Waals surface area (Å²) in [7, 11) is 0. The number of rotatable bonds is 2. The van der Waals surface area contributed by atoms with Gasteiger partial charge in [-0.05, 0) is 121 Å². The van der Waals surface area contributed by atoms with Crippen LogP contribution in [0, 0.1) is 63.6 Å². The Morgan fingerprint density at radius 1 is 0.750 bits per heavy atom. The molecule has 162 valence electrons. The Kier molecular flexibility index (Phi) is 5.32. The minimum absolute atomic E-state index is 0.560. The lowest BCUT2D eigenvalue weighted by Gasteiger charge is -2.68. The summed E-state index contributed by atoms with van der Waals surface area (Å²) in [5.41, 5.74) is 1.81. The summed E-state index contributed by atoms with van der Waals surface area (Å²) in [6.45, 7) is 20.8. The minimum Gasteiger partial charge on any atom is -0.0628 e. The lowest BCUT2D eigenvalue weighted by molar-refractivity contribution is -0.189. The molecule has 0 aliphatic heterocycles. The standard InChI is InChI=1S/C28H50/c1-18(2)17-24-21-9-10-25-27(7)15-11-19(3)20(4)22(27)13-16-28(25,8)23(21)12-14-26(24,5)6/h18-25H,9-17H2,1-8H3. The van der Waals surface area contributed by atoms with E-state index in [1.54, 1.807) is 0 Å². The molecule has 0 saturated heterocycles. The molecule has 0 radical (unpaired) electrons. The average molecular weight is 387 g/mol. The first-order chi connectivity index (χ1) is 13.0. The van der Waals surface area contributed by atoms with Gasteiger partial charge < -0.3 is 0 Å². The highest BCUT2D eigenvalue weighted by Crippen LogP contribution is 2.70. The van der Waals surface area contributed by atoms with Crippen LogP contribution in [0.4, 0.5) is 0 Å². The van der Waals surface area contributed by atoms with E-state index in [0.29, 0.717) is 16.2 Å². The highest BCUT2D eigenvalue weighted by atomic mass is 14.7. The molecule has 4 saturated carbocycles. The van der Waals surface area contributed by atoms with Crippen LogP contribution in [0.15, 0.2) is 0 Å². The van der Waals surface area contributed by atoms with E-state index >= 15 is 0 Å². The van der Waals surface area contributed by atoms with Gasteiger partial charge in [0, 0.05) is 0 Å². The molecule has 0 nitrogen and oxygen atoms in total. The van der Waals surface area contributed by atoms with Gasteiger partial charge in [-0.1, -0.05) is 55.4 Å². The maximum atomic E-state index is 2.78. The van der Waals surface area contributed by atoms with Crippen LogP contribution >= 0.6 is 0 Å². The van der Waals surface area contributed by atoms with Crippen LogP contribution in [0.1, 0.15) is 113 Å². The lowest BCUT2D eigenvalue weighted by Crippen LogP contribution is -2.60. The van der Waals surface area contributed by atoms with Crippen LogP contribution < -0.4 is 0 Å². The highest BCUT2D eigenvalue weighted by molar-refractivity contribution is 5.11. The molecule has 4 aliphatic carbocycles. The third kappa shape index (κ3) is 3.05. The molecule has 0 bridgehead atoms. The van der Waals surface area contributed by atoms with Crippen LogP contribution in [-0.4, -0.2) is 0 Å². The molecule has 0 amide bonds. The largest absolute Gasteiger partial charge is 0.0628 e. The normalized spacial score (nSPS) is 53.2. The van der Waals surface area contributed by atoms with E-state index in [2.05, 4.69) is 55.4 Å². The van der Waals surface area contributed by atoms with E-state index in [0.717, 1.165) is 47.3 Å². The summed E-state index contributed by atoms with van der Waals surface area (Å²) in [6.07, 6.45) is 13.6.